The SMILES string of the molecule is Cc1ccc(S(=O)(=O)N(c2cccc(C)c2)[C@H]2CCS(=O)(=O)C2)cc1. The molecule has 0 amide bonds. The lowest BCUT2D eigenvalue weighted by Crippen LogP contribution is -2.41. The molecule has 1 heterocycles. The van der Waals surface area contributed by atoms with Gasteiger partial charge in [-0.2, -0.15) is 0 Å². The molecule has 25 heavy (non-hydrogen) atoms. The van der Waals surface area contributed by atoms with E-state index < -0.39 is 25.9 Å². The summed E-state index contributed by atoms with van der Waals surface area (Å²) >= 11 is 0. The van der Waals surface area contributed by atoms with Gasteiger partial charge in [-0.25, -0.2) is 16.8 Å². The van der Waals surface area contributed by atoms with E-state index in [4.69, 9.17) is 0 Å². The molecule has 0 bridgehead atoms. The highest BCUT2D eigenvalue weighted by Crippen LogP contribution is 2.31. The molecule has 2 aromatic rings. The van der Waals surface area contributed by atoms with Crippen molar-refractivity contribution in [2.24, 2.45) is 0 Å². The van der Waals surface area contributed by atoms with Gasteiger partial charge in [-0.3, -0.25) is 4.31 Å². The van der Waals surface area contributed by atoms with E-state index in [1.165, 1.54) is 4.31 Å². The zero-order valence-corrected chi connectivity index (χ0v) is 15.8. The number of hydrogen-bond acceptors (Lipinski definition) is 4. The highest BCUT2D eigenvalue weighted by atomic mass is 32.2. The van der Waals surface area contributed by atoms with Crippen LogP contribution < -0.4 is 4.31 Å². The molecule has 1 aliphatic rings. The maximum Gasteiger partial charge on any atom is 0.264 e. The number of rotatable bonds is 4. The van der Waals surface area contributed by atoms with Crippen molar-refractivity contribution in [2.75, 3.05) is 15.8 Å². The largest absolute Gasteiger partial charge is 0.264 e. The Morgan fingerprint density at radius 3 is 2.24 bits per heavy atom. The van der Waals surface area contributed by atoms with E-state index in [1.807, 2.05) is 19.9 Å². The third-order valence-corrected chi connectivity index (χ3v) is 8.02. The van der Waals surface area contributed by atoms with Crippen molar-refractivity contribution < 1.29 is 16.8 Å². The van der Waals surface area contributed by atoms with E-state index in [2.05, 4.69) is 0 Å². The van der Waals surface area contributed by atoms with Crippen LogP contribution in [0.5, 0.6) is 0 Å². The van der Waals surface area contributed by atoms with Gasteiger partial charge in [0.1, 0.15) is 0 Å². The van der Waals surface area contributed by atoms with Crippen LogP contribution in [0.2, 0.25) is 0 Å². The summed E-state index contributed by atoms with van der Waals surface area (Å²) in [6.45, 7) is 3.77. The zero-order chi connectivity index (χ0) is 18.2. The lowest BCUT2D eigenvalue weighted by molar-refractivity contribution is 0.580. The summed E-state index contributed by atoms with van der Waals surface area (Å²) in [5.41, 5.74) is 2.38. The average Bonchev–Trinajstić information content (AvgIpc) is 2.87. The maximum atomic E-state index is 13.3. The summed E-state index contributed by atoms with van der Waals surface area (Å²) in [6.07, 6.45) is 0.307. The van der Waals surface area contributed by atoms with Crippen molar-refractivity contribution in [1.82, 2.24) is 0 Å². The van der Waals surface area contributed by atoms with Crippen LogP contribution in [0.3, 0.4) is 0 Å². The monoisotopic (exact) mass is 379 g/mol. The molecule has 0 spiro atoms. The Kier molecular flexibility index (Phi) is 4.64. The second-order valence-corrected chi connectivity index (χ2v) is 10.6. The summed E-state index contributed by atoms with van der Waals surface area (Å²) in [7, 11) is -7.07. The summed E-state index contributed by atoms with van der Waals surface area (Å²) in [6, 6.07) is 13.2. The van der Waals surface area contributed by atoms with Crippen LogP contribution in [0.25, 0.3) is 0 Å². The number of nitrogens with zero attached hydrogens (tertiary/aromatic N) is 1. The minimum absolute atomic E-state index is 0.0173. The van der Waals surface area contributed by atoms with Crippen LogP contribution in [-0.2, 0) is 19.9 Å². The summed E-state index contributed by atoms with van der Waals surface area (Å²) in [5.74, 6) is -0.130. The second kappa shape index (κ2) is 6.46. The van der Waals surface area contributed by atoms with Gasteiger partial charge >= 0.3 is 0 Å². The van der Waals surface area contributed by atoms with E-state index >= 15 is 0 Å². The first-order valence-corrected chi connectivity index (χ1v) is 11.3. The number of sulfone groups is 1. The molecule has 1 aliphatic heterocycles. The molecule has 0 N–H and O–H groups in total. The number of aryl methyl sites for hydroxylation is 2. The van der Waals surface area contributed by atoms with Crippen molar-refractivity contribution in [1.29, 1.82) is 0 Å². The van der Waals surface area contributed by atoms with Gasteiger partial charge in [-0.05, 0) is 50.1 Å². The number of sulfonamides is 1. The molecule has 0 saturated carbocycles. The summed E-state index contributed by atoms with van der Waals surface area (Å²) in [4.78, 5) is 0.170. The molecule has 7 heteroatoms. The third kappa shape index (κ3) is 3.72. The van der Waals surface area contributed by atoms with E-state index in [0.29, 0.717) is 12.1 Å². The Morgan fingerprint density at radius 1 is 1.00 bits per heavy atom. The van der Waals surface area contributed by atoms with Gasteiger partial charge < -0.3 is 0 Å². The fourth-order valence-corrected chi connectivity index (χ4v) is 6.56. The van der Waals surface area contributed by atoms with Gasteiger partial charge in [-0.1, -0.05) is 29.8 Å². The fraction of sp³-hybridized carbons (Fsp3) is 0.333. The van der Waals surface area contributed by atoms with Crippen molar-refractivity contribution in [3.05, 3.63) is 59.7 Å². The van der Waals surface area contributed by atoms with Crippen molar-refractivity contribution in [2.45, 2.75) is 31.2 Å². The molecule has 134 valence electrons. The molecular weight excluding hydrogens is 358 g/mol. The lowest BCUT2D eigenvalue weighted by Gasteiger charge is -2.30. The first kappa shape index (κ1) is 17.9. The Morgan fingerprint density at radius 2 is 1.68 bits per heavy atom. The third-order valence-electron chi connectivity index (χ3n) is 4.37. The maximum absolute atomic E-state index is 13.3. The molecule has 0 aromatic heterocycles. The Hall–Kier alpha value is -1.86. The lowest BCUT2D eigenvalue weighted by atomic mass is 10.2. The normalized spacial score (nSPS) is 19.7. The number of anilines is 1. The van der Waals surface area contributed by atoms with Gasteiger partial charge in [-0.15, -0.1) is 0 Å². The predicted molar refractivity (Wildman–Crippen MR) is 99.1 cm³/mol. The van der Waals surface area contributed by atoms with Crippen LogP contribution in [0, 0.1) is 13.8 Å². The van der Waals surface area contributed by atoms with Crippen LogP contribution in [0.1, 0.15) is 17.5 Å². The van der Waals surface area contributed by atoms with Crippen LogP contribution in [-0.4, -0.2) is 34.4 Å². The molecule has 2 aromatic carbocycles. The zero-order valence-electron chi connectivity index (χ0n) is 14.2. The van der Waals surface area contributed by atoms with Crippen molar-refractivity contribution in [3.8, 4) is 0 Å². The molecular formula is C18H21NO4S2. The van der Waals surface area contributed by atoms with Crippen molar-refractivity contribution >= 4 is 25.5 Å². The van der Waals surface area contributed by atoms with E-state index in [-0.39, 0.29) is 16.4 Å². The standard InChI is InChI=1S/C18H21NO4S2/c1-14-6-8-18(9-7-14)25(22,23)19(16-5-3-4-15(2)12-16)17-10-11-24(20,21)13-17/h3-9,12,17H,10-11,13H2,1-2H3/t17-/m0/s1. The van der Waals surface area contributed by atoms with Gasteiger partial charge in [0.15, 0.2) is 9.84 Å². The molecule has 0 radical (unpaired) electrons. The van der Waals surface area contributed by atoms with Crippen LogP contribution in [0.15, 0.2) is 53.4 Å². The molecule has 0 unspecified atom stereocenters. The highest BCUT2D eigenvalue weighted by Gasteiger charge is 2.39. The van der Waals surface area contributed by atoms with E-state index in [1.54, 1.807) is 42.5 Å². The van der Waals surface area contributed by atoms with Gasteiger partial charge in [0, 0.05) is 0 Å². The van der Waals surface area contributed by atoms with Gasteiger partial charge in [0.25, 0.3) is 10.0 Å². The highest BCUT2D eigenvalue weighted by molar-refractivity contribution is 7.93. The molecule has 1 saturated heterocycles. The van der Waals surface area contributed by atoms with Crippen LogP contribution in [0.4, 0.5) is 5.69 Å². The van der Waals surface area contributed by atoms with Crippen LogP contribution >= 0.6 is 0 Å². The van der Waals surface area contributed by atoms with E-state index in [0.717, 1.165) is 11.1 Å². The minimum Gasteiger partial charge on any atom is -0.262 e. The molecule has 0 aliphatic carbocycles. The molecule has 5 nitrogen and oxygen atoms in total. The fourth-order valence-electron chi connectivity index (χ4n) is 3.10. The number of benzene rings is 2. The number of hydrogen-bond donors (Lipinski definition) is 0. The predicted octanol–water partition coefficient (Wildman–Crippen LogP) is 2.69. The summed E-state index contributed by atoms with van der Waals surface area (Å²) < 4.78 is 51.7. The smallest absolute Gasteiger partial charge is 0.262 e. The topological polar surface area (TPSA) is 71.5 Å². The summed E-state index contributed by atoms with van der Waals surface area (Å²) in [5, 5.41) is 0. The Balaban J connectivity index is 2.12. The molecule has 1 atom stereocenters. The quantitative estimate of drug-likeness (QED) is 0.819. The molecule has 1 fully saturated rings. The van der Waals surface area contributed by atoms with E-state index in [9.17, 15) is 16.8 Å². The first-order chi connectivity index (χ1) is 11.7. The van der Waals surface area contributed by atoms with Crippen molar-refractivity contribution in [3.63, 3.8) is 0 Å². The Labute approximate surface area is 149 Å². The van der Waals surface area contributed by atoms with Gasteiger partial charge in [0.2, 0.25) is 0 Å². The molecule has 3 rings (SSSR count). The second-order valence-electron chi connectivity index (χ2n) is 6.51. The Bertz CT molecular complexity index is 980. The minimum atomic E-state index is -3.85. The average molecular weight is 380 g/mol. The van der Waals surface area contributed by atoms with Gasteiger partial charge in [0.05, 0.1) is 28.1 Å². The first-order valence-electron chi connectivity index (χ1n) is 8.07.